The summed E-state index contributed by atoms with van der Waals surface area (Å²) in [7, 11) is 0. The number of piperidine rings is 1. The number of ether oxygens (including phenoxy) is 2. The molecule has 0 bridgehead atoms. The minimum absolute atomic E-state index is 0.258. The number of amides is 1. The Hall–Kier alpha value is -1.30. The second-order valence-corrected chi connectivity index (χ2v) is 9.10. The maximum atomic E-state index is 12.5. The first-order chi connectivity index (χ1) is 13.9. The van der Waals surface area contributed by atoms with Crippen LogP contribution in [0.15, 0.2) is 18.2 Å². The van der Waals surface area contributed by atoms with E-state index in [0.29, 0.717) is 36.2 Å². The average molecular weight is 423 g/mol. The number of hydrogen-bond acceptors (Lipinski definition) is 4. The Kier molecular flexibility index (Phi) is 8.22. The minimum Gasteiger partial charge on any atom is -0.493 e. The quantitative estimate of drug-likeness (QED) is 0.619. The van der Waals surface area contributed by atoms with Crippen molar-refractivity contribution in [3.63, 3.8) is 0 Å². The minimum atomic E-state index is 0.258. The fourth-order valence-electron chi connectivity index (χ4n) is 4.50. The molecule has 0 aliphatic carbocycles. The Morgan fingerprint density at radius 2 is 1.90 bits per heavy atom. The summed E-state index contributed by atoms with van der Waals surface area (Å²) < 4.78 is 11.6. The van der Waals surface area contributed by atoms with Crippen molar-refractivity contribution in [1.82, 2.24) is 9.80 Å². The highest BCUT2D eigenvalue weighted by Gasteiger charge is 2.27. The lowest BCUT2D eigenvalue weighted by molar-refractivity contribution is -0.133. The van der Waals surface area contributed by atoms with Gasteiger partial charge in [0.15, 0.2) is 0 Å². The Bertz CT molecular complexity index is 666. The predicted molar refractivity (Wildman–Crippen MR) is 117 cm³/mol. The van der Waals surface area contributed by atoms with Gasteiger partial charge >= 0.3 is 0 Å². The highest BCUT2D eigenvalue weighted by Crippen LogP contribution is 2.23. The molecule has 1 amide bonds. The van der Waals surface area contributed by atoms with E-state index in [9.17, 15) is 4.79 Å². The van der Waals surface area contributed by atoms with Gasteiger partial charge in [-0.05, 0) is 69.7 Å². The first kappa shape index (κ1) is 22.4. The van der Waals surface area contributed by atoms with E-state index in [2.05, 4.69) is 18.7 Å². The highest BCUT2D eigenvalue weighted by atomic mass is 35.5. The number of carbonyl (C=O) groups is 1. The third-order valence-corrected chi connectivity index (χ3v) is 6.14. The Morgan fingerprint density at radius 1 is 1.21 bits per heavy atom. The van der Waals surface area contributed by atoms with Crippen LogP contribution in [0.1, 0.15) is 45.1 Å². The van der Waals surface area contributed by atoms with Crippen molar-refractivity contribution < 1.29 is 14.3 Å². The number of aryl methyl sites for hydroxylation is 1. The van der Waals surface area contributed by atoms with Crippen LogP contribution in [0.2, 0.25) is 5.02 Å². The van der Waals surface area contributed by atoms with Gasteiger partial charge in [-0.15, -0.1) is 0 Å². The molecule has 0 spiro atoms. The summed E-state index contributed by atoms with van der Waals surface area (Å²) in [6.45, 7) is 11.8. The SMILES string of the molecule is Cc1cc(Cl)ccc1OCCCC(=O)N1CCC(CN2CC(C)OC(C)C2)CC1. The van der Waals surface area contributed by atoms with Crippen LogP contribution in [0.25, 0.3) is 0 Å². The van der Waals surface area contributed by atoms with Gasteiger partial charge in [-0.3, -0.25) is 9.69 Å². The summed E-state index contributed by atoms with van der Waals surface area (Å²) in [5.41, 5.74) is 1.02. The molecule has 0 saturated carbocycles. The predicted octanol–water partition coefficient (Wildman–Crippen LogP) is 4.16. The molecule has 1 aromatic carbocycles. The van der Waals surface area contributed by atoms with E-state index in [4.69, 9.17) is 21.1 Å². The number of nitrogens with zero attached hydrogens (tertiary/aromatic N) is 2. The molecule has 0 N–H and O–H groups in total. The fraction of sp³-hybridized carbons (Fsp3) is 0.696. The lowest BCUT2D eigenvalue weighted by Crippen LogP contribution is -2.48. The van der Waals surface area contributed by atoms with Crippen molar-refractivity contribution >= 4 is 17.5 Å². The van der Waals surface area contributed by atoms with Crippen LogP contribution in [-0.4, -0.2) is 67.2 Å². The fourth-order valence-corrected chi connectivity index (χ4v) is 4.73. The van der Waals surface area contributed by atoms with E-state index in [-0.39, 0.29) is 5.91 Å². The van der Waals surface area contributed by atoms with Crippen molar-refractivity contribution in [2.45, 2.75) is 58.7 Å². The van der Waals surface area contributed by atoms with Crippen molar-refractivity contribution in [3.05, 3.63) is 28.8 Å². The van der Waals surface area contributed by atoms with Gasteiger partial charge in [-0.1, -0.05) is 11.6 Å². The summed E-state index contributed by atoms with van der Waals surface area (Å²) in [5.74, 6) is 1.79. The van der Waals surface area contributed by atoms with E-state index < -0.39 is 0 Å². The molecular formula is C23H35ClN2O3. The lowest BCUT2D eigenvalue weighted by atomic mass is 9.95. The molecule has 2 aliphatic rings. The molecule has 162 valence electrons. The molecule has 2 saturated heterocycles. The van der Waals surface area contributed by atoms with E-state index >= 15 is 0 Å². The number of benzene rings is 1. The molecule has 2 fully saturated rings. The van der Waals surface area contributed by atoms with Crippen LogP contribution in [0.4, 0.5) is 0 Å². The molecule has 3 rings (SSSR count). The Labute approximate surface area is 180 Å². The van der Waals surface area contributed by atoms with Crippen LogP contribution in [0, 0.1) is 12.8 Å². The topological polar surface area (TPSA) is 42.0 Å². The summed E-state index contributed by atoms with van der Waals surface area (Å²) in [4.78, 5) is 17.1. The van der Waals surface area contributed by atoms with Gasteiger partial charge in [0, 0.05) is 44.2 Å². The summed E-state index contributed by atoms with van der Waals surface area (Å²) >= 11 is 5.97. The van der Waals surface area contributed by atoms with E-state index in [1.165, 1.54) is 0 Å². The van der Waals surface area contributed by atoms with E-state index in [1.54, 1.807) is 0 Å². The van der Waals surface area contributed by atoms with Crippen LogP contribution in [0.5, 0.6) is 5.75 Å². The largest absolute Gasteiger partial charge is 0.493 e. The third-order valence-electron chi connectivity index (χ3n) is 5.91. The number of morpholine rings is 1. The normalized spacial score (nSPS) is 23.9. The molecule has 2 unspecified atom stereocenters. The van der Waals surface area contributed by atoms with Gasteiger partial charge in [-0.25, -0.2) is 0 Å². The second-order valence-electron chi connectivity index (χ2n) is 8.66. The molecule has 2 aliphatic heterocycles. The van der Waals surface area contributed by atoms with Gasteiger partial charge in [-0.2, -0.15) is 0 Å². The molecule has 29 heavy (non-hydrogen) atoms. The van der Waals surface area contributed by atoms with Crippen molar-refractivity contribution in [1.29, 1.82) is 0 Å². The Balaban J connectivity index is 1.32. The number of likely N-dealkylation sites (tertiary alicyclic amines) is 1. The maximum Gasteiger partial charge on any atom is 0.222 e. The van der Waals surface area contributed by atoms with Crippen molar-refractivity contribution in [2.24, 2.45) is 5.92 Å². The number of hydrogen-bond donors (Lipinski definition) is 0. The molecule has 2 heterocycles. The van der Waals surface area contributed by atoms with Crippen LogP contribution >= 0.6 is 11.6 Å². The van der Waals surface area contributed by atoms with Gasteiger partial charge < -0.3 is 14.4 Å². The van der Waals surface area contributed by atoms with Crippen LogP contribution in [-0.2, 0) is 9.53 Å². The van der Waals surface area contributed by atoms with Gasteiger partial charge in [0.05, 0.1) is 18.8 Å². The third kappa shape index (κ3) is 6.87. The van der Waals surface area contributed by atoms with E-state index in [1.807, 2.05) is 30.0 Å². The van der Waals surface area contributed by atoms with Crippen molar-refractivity contribution in [2.75, 3.05) is 39.3 Å². The molecular weight excluding hydrogens is 388 g/mol. The van der Waals surface area contributed by atoms with Crippen LogP contribution < -0.4 is 4.74 Å². The maximum absolute atomic E-state index is 12.5. The highest BCUT2D eigenvalue weighted by molar-refractivity contribution is 6.30. The van der Waals surface area contributed by atoms with Gasteiger partial charge in [0.2, 0.25) is 5.91 Å². The van der Waals surface area contributed by atoms with E-state index in [0.717, 1.165) is 63.3 Å². The van der Waals surface area contributed by atoms with Crippen molar-refractivity contribution in [3.8, 4) is 5.75 Å². The van der Waals surface area contributed by atoms with Gasteiger partial charge in [0.1, 0.15) is 5.75 Å². The summed E-state index contributed by atoms with van der Waals surface area (Å²) in [5, 5.41) is 0.714. The first-order valence-electron chi connectivity index (χ1n) is 10.9. The molecule has 0 aromatic heterocycles. The average Bonchev–Trinajstić information content (AvgIpc) is 2.66. The summed E-state index contributed by atoms with van der Waals surface area (Å²) in [6.07, 6.45) is 4.14. The molecule has 2 atom stereocenters. The first-order valence-corrected chi connectivity index (χ1v) is 11.3. The second kappa shape index (κ2) is 10.6. The standard InChI is InChI=1S/C23H35ClN2O3/c1-17-13-21(24)6-7-22(17)28-12-4-5-23(27)26-10-8-20(9-11-26)16-25-14-18(2)29-19(3)15-25/h6-7,13,18-20H,4-5,8-12,14-16H2,1-3H3. The molecule has 6 heteroatoms. The molecule has 0 radical (unpaired) electrons. The molecule has 1 aromatic rings. The van der Waals surface area contributed by atoms with Crippen LogP contribution in [0.3, 0.4) is 0 Å². The zero-order chi connectivity index (χ0) is 20.8. The number of rotatable bonds is 7. The Morgan fingerprint density at radius 3 is 2.55 bits per heavy atom. The summed E-state index contributed by atoms with van der Waals surface area (Å²) in [6, 6.07) is 5.61. The zero-order valence-corrected chi connectivity index (χ0v) is 18.8. The number of carbonyl (C=O) groups excluding carboxylic acids is 1. The monoisotopic (exact) mass is 422 g/mol. The smallest absolute Gasteiger partial charge is 0.222 e. The van der Waals surface area contributed by atoms with Gasteiger partial charge in [0.25, 0.3) is 0 Å². The number of halogens is 1. The lowest BCUT2D eigenvalue weighted by Gasteiger charge is -2.39. The zero-order valence-electron chi connectivity index (χ0n) is 18.0. The molecule has 5 nitrogen and oxygen atoms in total.